The van der Waals surface area contributed by atoms with Crippen molar-refractivity contribution in [2.75, 3.05) is 31.8 Å². The zero-order valence-corrected chi connectivity index (χ0v) is 11.1. The maximum atomic E-state index is 11.4. The van der Waals surface area contributed by atoms with Gasteiger partial charge >= 0.3 is 0 Å². The number of carbonyl (C=O) groups is 1. The summed E-state index contributed by atoms with van der Waals surface area (Å²) in [5.41, 5.74) is 0. The minimum atomic E-state index is 0.132. The van der Waals surface area contributed by atoms with E-state index in [4.69, 9.17) is 6.11 Å². The summed E-state index contributed by atoms with van der Waals surface area (Å²) in [5, 5.41) is 2.91. The molecule has 4 heteroatoms. The highest BCUT2D eigenvalue weighted by atomic mass is 32.2. The molecule has 0 saturated heterocycles. The van der Waals surface area contributed by atoms with Gasteiger partial charge in [0.1, 0.15) is 0 Å². The Morgan fingerprint density at radius 3 is 3.00 bits per heavy atom. The van der Waals surface area contributed by atoms with Gasteiger partial charge in [-0.1, -0.05) is 26.2 Å². The van der Waals surface area contributed by atoms with Crippen molar-refractivity contribution >= 4 is 17.7 Å². The van der Waals surface area contributed by atoms with E-state index in [1.54, 1.807) is 18.9 Å². The van der Waals surface area contributed by atoms with Gasteiger partial charge < -0.3 is 10.1 Å². The molecule has 0 rings (SSSR count). The third kappa shape index (κ3) is 11.9. The summed E-state index contributed by atoms with van der Waals surface area (Å²) in [6, 6.07) is 0. The van der Waals surface area contributed by atoms with E-state index in [0.29, 0.717) is 12.7 Å². The van der Waals surface area contributed by atoms with Crippen LogP contribution in [0.5, 0.6) is 0 Å². The smallest absolute Gasteiger partial charge is 0.229 e. The largest absolute Gasteiger partial charge is 0.385 e. The van der Waals surface area contributed by atoms with Crippen molar-refractivity contribution in [3.8, 4) is 0 Å². The number of amides is 1. The molecule has 0 saturated carbocycles. The third-order valence-electron chi connectivity index (χ3n) is 2.12. The molecule has 0 fully saturated rings. The standard InChI is InChI=1S/C12H25NO2S/c1-3-4-5-6-8-13-12(14)11-16-10-7-9-15-2/h3-11H2,1-2H3,(H,13,14)/i1D. The van der Waals surface area contributed by atoms with Crippen molar-refractivity contribution in [3.63, 3.8) is 0 Å². The lowest BCUT2D eigenvalue weighted by atomic mass is 10.2. The summed E-state index contributed by atoms with van der Waals surface area (Å²) in [4.78, 5) is 11.4. The van der Waals surface area contributed by atoms with Crippen molar-refractivity contribution < 1.29 is 10.9 Å². The molecule has 0 spiro atoms. The zero-order valence-electron chi connectivity index (χ0n) is 11.3. The summed E-state index contributed by atoms with van der Waals surface area (Å²) in [6.45, 7) is 2.06. The van der Waals surface area contributed by atoms with Crippen molar-refractivity contribution in [2.24, 2.45) is 0 Å². The Hall–Kier alpha value is -0.220. The lowest BCUT2D eigenvalue weighted by Crippen LogP contribution is -2.26. The average molecular weight is 248 g/mol. The molecule has 0 atom stereocenters. The Labute approximate surface area is 105 Å². The highest BCUT2D eigenvalue weighted by Crippen LogP contribution is 2.02. The van der Waals surface area contributed by atoms with E-state index >= 15 is 0 Å². The van der Waals surface area contributed by atoms with E-state index in [2.05, 4.69) is 5.32 Å². The molecular weight excluding hydrogens is 222 g/mol. The van der Waals surface area contributed by atoms with Crippen LogP contribution in [0.2, 0.25) is 0 Å². The molecule has 1 amide bonds. The molecule has 0 bridgehead atoms. The van der Waals surface area contributed by atoms with Gasteiger partial charge in [-0.3, -0.25) is 4.79 Å². The molecule has 16 heavy (non-hydrogen) atoms. The number of ether oxygens (including phenoxy) is 1. The molecule has 0 aliphatic carbocycles. The second-order valence-corrected chi connectivity index (χ2v) is 4.77. The van der Waals surface area contributed by atoms with Crippen LogP contribution < -0.4 is 5.32 Å². The van der Waals surface area contributed by atoms with E-state index in [1.807, 2.05) is 0 Å². The van der Waals surface area contributed by atoms with Gasteiger partial charge in [-0.2, -0.15) is 11.8 Å². The molecular formula is C12H25NO2S. The zero-order chi connectivity index (χ0) is 12.8. The van der Waals surface area contributed by atoms with Crippen molar-refractivity contribution in [1.82, 2.24) is 5.32 Å². The Bertz CT molecular complexity index is 182. The highest BCUT2D eigenvalue weighted by molar-refractivity contribution is 7.99. The maximum Gasteiger partial charge on any atom is 0.229 e. The molecule has 1 N–H and O–H groups in total. The van der Waals surface area contributed by atoms with Crippen LogP contribution in [-0.4, -0.2) is 37.7 Å². The lowest BCUT2D eigenvalue weighted by molar-refractivity contribution is -0.118. The molecule has 96 valence electrons. The number of hydrogen-bond donors (Lipinski definition) is 1. The fraction of sp³-hybridized carbons (Fsp3) is 0.917. The quantitative estimate of drug-likeness (QED) is 0.571. The molecule has 0 aromatic rings. The second-order valence-electron chi connectivity index (χ2n) is 3.66. The molecule has 0 aromatic heterocycles. The van der Waals surface area contributed by atoms with Crippen LogP contribution in [0, 0.1) is 0 Å². The molecule has 0 radical (unpaired) electrons. The Kier molecular flexibility index (Phi) is 11.1. The molecule has 0 aliphatic rings. The van der Waals surface area contributed by atoms with Gasteiger partial charge in [-0.15, -0.1) is 0 Å². The van der Waals surface area contributed by atoms with Crippen molar-refractivity contribution in [1.29, 1.82) is 0 Å². The van der Waals surface area contributed by atoms with Crippen LogP contribution in [0.4, 0.5) is 0 Å². The van der Waals surface area contributed by atoms with Crippen LogP contribution in [0.1, 0.15) is 40.4 Å². The monoisotopic (exact) mass is 248 g/mol. The number of nitrogens with one attached hydrogen (secondary N) is 1. The molecule has 0 aliphatic heterocycles. The second kappa shape index (κ2) is 12.8. The van der Waals surface area contributed by atoms with Gasteiger partial charge in [0.05, 0.1) is 5.75 Å². The van der Waals surface area contributed by atoms with E-state index in [0.717, 1.165) is 51.0 Å². The topological polar surface area (TPSA) is 38.3 Å². The first kappa shape index (κ1) is 13.8. The van der Waals surface area contributed by atoms with Gasteiger partial charge in [0.15, 0.2) is 0 Å². The van der Waals surface area contributed by atoms with Crippen molar-refractivity contribution in [2.45, 2.75) is 39.0 Å². The van der Waals surface area contributed by atoms with Crippen molar-refractivity contribution in [3.05, 3.63) is 0 Å². The number of rotatable bonds is 11. The first-order chi connectivity index (χ1) is 8.31. The van der Waals surface area contributed by atoms with Gasteiger partial charge in [0.2, 0.25) is 5.91 Å². The summed E-state index contributed by atoms with van der Waals surface area (Å²) >= 11 is 1.66. The van der Waals surface area contributed by atoms with Crippen LogP contribution in [0.15, 0.2) is 0 Å². The third-order valence-corrected chi connectivity index (χ3v) is 3.16. The number of unbranched alkanes of at least 4 members (excludes halogenated alkanes) is 3. The number of methoxy groups -OCH3 is 1. The van der Waals surface area contributed by atoms with E-state index in [1.165, 1.54) is 0 Å². The van der Waals surface area contributed by atoms with E-state index in [9.17, 15) is 4.79 Å². The Morgan fingerprint density at radius 2 is 2.25 bits per heavy atom. The number of hydrogen-bond acceptors (Lipinski definition) is 3. The minimum Gasteiger partial charge on any atom is -0.385 e. The van der Waals surface area contributed by atoms with Crippen LogP contribution >= 0.6 is 11.8 Å². The minimum absolute atomic E-state index is 0.132. The Morgan fingerprint density at radius 1 is 1.38 bits per heavy atom. The van der Waals surface area contributed by atoms with Gasteiger partial charge in [0, 0.05) is 21.6 Å². The predicted octanol–water partition coefficient (Wildman–Crippen LogP) is 2.45. The SMILES string of the molecule is [2H]CCCCCCNC(=O)CSCCCOC. The molecule has 0 aromatic carbocycles. The normalized spacial score (nSPS) is 11.2. The maximum absolute atomic E-state index is 11.4. The number of thioether (sulfide) groups is 1. The summed E-state index contributed by atoms with van der Waals surface area (Å²) in [7, 11) is 1.69. The molecule has 3 nitrogen and oxygen atoms in total. The molecule has 0 unspecified atom stereocenters. The summed E-state index contributed by atoms with van der Waals surface area (Å²) in [5.74, 6) is 1.66. The van der Waals surface area contributed by atoms with Gasteiger partial charge in [0.25, 0.3) is 0 Å². The van der Waals surface area contributed by atoms with Crippen LogP contribution in [0.25, 0.3) is 0 Å². The van der Waals surface area contributed by atoms with Gasteiger partial charge in [-0.05, 0) is 18.6 Å². The highest BCUT2D eigenvalue weighted by Gasteiger charge is 2.00. The van der Waals surface area contributed by atoms with E-state index in [-0.39, 0.29) is 5.91 Å². The molecule has 0 heterocycles. The summed E-state index contributed by atoms with van der Waals surface area (Å²) in [6.07, 6.45) is 5.22. The van der Waals surface area contributed by atoms with E-state index < -0.39 is 0 Å². The first-order valence-electron chi connectivity index (χ1n) is 6.64. The van der Waals surface area contributed by atoms with Gasteiger partial charge in [-0.25, -0.2) is 0 Å². The Balaban J connectivity index is 3.12. The fourth-order valence-electron chi connectivity index (χ4n) is 1.23. The number of carbonyl (C=O) groups excluding carboxylic acids is 1. The van der Waals surface area contributed by atoms with Crippen LogP contribution in [0.3, 0.4) is 0 Å². The first-order valence-corrected chi connectivity index (χ1v) is 7.09. The predicted molar refractivity (Wildman–Crippen MR) is 71.0 cm³/mol. The lowest BCUT2D eigenvalue weighted by Gasteiger charge is -2.04. The fourth-order valence-corrected chi connectivity index (χ4v) is 1.98. The summed E-state index contributed by atoms with van der Waals surface area (Å²) < 4.78 is 11.9. The average Bonchev–Trinajstić information content (AvgIpc) is 2.33. The van der Waals surface area contributed by atoms with Crippen LogP contribution in [-0.2, 0) is 9.53 Å².